The first-order valence-electron chi connectivity index (χ1n) is 8.66. The summed E-state index contributed by atoms with van der Waals surface area (Å²) in [7, 11) is 2.06. The van der Waals surface area contributed by atoms with E-state index in [0.29, 0.717) is 11.4 Å². The fraction of sp³-hybridized carbons (Fsp3) is 0.368. The van der Waals surface area contributed by atoms with E-state index >= 15 is 0 Å². The molecule has 0 bridgehead atoms. The number of ether oxygens (including phenoxy) is 1. The molecule has 0 unspecified atom stereocenters. The fourth-order valence-electron chi connectivity index (χ4n) is 2.80. The highest BCUT2D eigenvalue weighted by Crippen LogP contribution is 2.18. The summed E-state index contributed by atoms with van der Waals surface area (Å²) in [6, 6.07) is 10.2. The Morgan fingerprint density at radius 3 is 2.85 bits per heavy atom. The van der Waals surface area contributed by atoms with Crippen LogP contribution in [-0.2, 0) is 4.79 Å². The minimum Gasteiger partial charge on any atom is -0.484 e. The number of likely N-dealkylation sites (N-methyl/N-ethyl adjacent to an activating group) is 1. The van der Waals surface area contributed by atoms with Crippen molar-refractivity contribution in [1.29, 1.82) is 0 Å². The smallest absolute Gasteiger partial charge is 0.291 e. The van der Waals surface area contributed by atoms with E-state index in [0.717, 1.165) is 32.6 Å². The van der Waals surface area contributed by atoms with Crippen LogP contribution < -0.4 is 10.1 Å². The van der Waals surface area contributed by atoms with Gasteiger partial charge in [-0.1, -0.05) is 6.07 Å². The second kappa shape index (κ2) is 8.53. The number of nitrogens with zero attached hydrogens (tertiary/aromatic N) is 2. The van der Waals surface area contributed by atoms with E-state index in [2.05, 4.69) is 17.3 Å². The zero-order valence-electron chi connectivity index (χ0n) is 14.8. The largest absolute Gasteiger partial charge is 0.484 e. The summed E-state index contributed by atoms with van der Waals surface area (Å²) < 4.78 is 10.7. The van der Waals surface area contributed by atoms with Crippen LogP contribution in [0.4, 0.5) is 5.69 Å². The maximum atomic E-state index is 12.3. The van der Waals surface area contributed by atoms with Gasteiger partial charge in [0, 0.05) is 31.4 Å². The molecule has 0 spiro atoms. The first-order chi connectivity index (χ1) is 12.6. The quantitative estimate of drug-likeness (QED) is 0.887. The van der Waals surface area contributed by atoms with Crippen molar-refractivity contribution >= 4 is 17.5 Å². The second-order valence-electron chi connectivity index (χ2n) is 6.29. The standard InChI is InChI=1S/C19H23N3O4/c1-21-8-4-9-22(11-10-21)18(23)14-26-16-6-2-5-15(13-16)20-19(24)17-7-3-12-25-17/h2-3,5-7,12-13H,4,8-11,14H2,1H3,(H,20,24). The van der Waals surface area contributed by atoms with Gasteiger partial charge >= 0.3 is 0 Å². The van der Waals surface area contributed by atoms with Crippen LogP contribution in [0.15, 0.2) is 47.1 Å². The van der Waals surface area contributed by atoms with Gasteiger partial charge in [-0.3, -0.25) is 9.59 Å². The van der Waals surface area contributed by atoms with Gasteiger partial charge in [0.2, 0.25) is 0 Å². The van der Waals surface area contributed by atoms with Crippen LogP contribution in [0.25, 0.3) is 0 Å². The number of furan rings is 1. The van der Waals surface area contributed by atoms with Crippen molar-refractivity contribution in [2.75, 3.05) is 45.2 Å². The monoisotopic (exact) mass is 357 g/mol. The molecule has 0 saturated carbocycles. The topological polar surface area (TPSA) is 75.0 Å². The average molecular weight is 357 g/mol. The number of carbonyl (C=O) groups is 2. The first kappa shape index (κ1) is 18.0. The highest BCUT2D eigenvalue weighted by Gasteiger charge is 2.18. The van der Waals surface area contributed by atoms with Gasteiger partial charge < -0.3 is 24.3 Å². The Morgan fingerprint density at radius 1 is 1.15 bits per heavy atom. The lowest BCUT2D eigenvalue weighted by molar-refractivity contribution is -0.133. The van der Waals surface area contributed by atoms with Gasteiger partial charge in [-0.05, 0) is 44.3 Å². The molecule has 1 aromatic heterocycles. The molecule has 2 aromatic rings. The number of amides is 2. The average Bonchev–Trinajstić information content (AvgIpc) is 3.09. The van der Waals surface area contributed by atoms with E-state index in [4.69, 9.17) is 9.15 Å². The van der Waals surface area contributed by atoms with E-state index in [-0.39, 0.29) is 24.2 Å². The Bertz CT molecular complexity index is 745. The number of benzene rings is 1. The van der Waals surface area contributed by atoms with E-state index in [9.17, 15) is 9.59 Å². The Labute approximate surface area is 152 Å². The summed E-state index contributed by atoms with van der Waals surface area (Å²) in [4.78, 5) is 28.4. The Morgan fingerprint density at radius 2 is 2.04 bits per heavy atom. The molecule has 2 heterocycles. The molecule has 7 nitrogen and oxygen atoms in total. The van der Waals surface area contributed by atoms with Crippen LogP contribution in [0.5, 0.6) is 5.75 Å². The zero-order valence-corrected chi connectivity index (χ0v) is 14.8. The van der Waals surface area contributed by atoms with Gasteiger partial charge in [-0.15, -0.1) is 0 Å². The van der Waals surface area contributed by atoms with Gasteiger partial charge in [-0.2, -0.15) is 0 Å². The van der Waals surface area contributed by atoms with Crippen LogP contribution in [0, 0.1) is 0 Å². The summed E-state index contributed by atoms with van der Waals surface area (Å²) in [6.45, 7) is 3.34. The number of rotatable bonds is 5. The van der Waals surface area contributed by atoms with Gasteiger partial charge in [0.25, 0.3) is 11.8 Å². The zero-order chi connectivity index (χ0) is 18.4. The molecule has 1 aliphatic heterocycles. The Hall–Kier alpha value is -2.80. The van der Waals surface area contributed by atoms with Crippen molar-refractivity contribution in [1.82, 2.24) is 9.80 Å². The lowest BCUT2D eigenvalue weighted by atomic mass is 10.3. The van der Waals surface area contributed by atoms with E-state index in [1.807, 2.05) is 4.90 Å². The number of anilines is 1. The second-order valence-corrected chi connectivity index (χ2v) is 6.29. The van der Waals surface area contributed by atoms with Crippen LogP contribution >= 0.6 is 0 Å². The molecule has 1 aliphatic rings. The number of carbonyl (C=O) groups excluding carboxylic acids is 2. The lowest BCUT2D eigenvalue weighted by Gasteiger charge is -2.20. The molecule has 0 atom stereocenters. The van der Waals surface area contributed by atoms with Crippen molar-refractivity contribution in [2.45, 2.75) is 6.42 Å². The maximum Gasteiger partial charge on any atom is 0.291 e. The SMILES string of the molecule is CN1CCCN(C(=O)COc2cccc(NC(=O)c3ccco3)c2)CC1. The summed E-state index contributed by atoms with van der Waals surface area (Å²) >= 11 is 0. The maximum absolute atomic E-state index is 12.3. The predicted octanol–water partition coefficient (Wildman–Crippen LogP) is 2.07. The third-order valence-electron chi connectivity index (χ3n) is 4.27. The molecule has 3 rings (SSSR count). The molecule has 1 N–H and O–H groups in total. The number of hydrogen-bond donors (Lipinski definition) is 1. The summed E-state index contributed by atoms with van der Waals surface area (Å²) in [5.74, 6) is 0.405. The molecular formula is C19H23N3O4. The van der Waals surface area contributed by atoms with Crippen LogP contribution in [-0.4, -0.2) is 61.4 Å². The number of nitrogens with one attached hydrogen (secondary N) is 1. The molecule has 0 radical (unpaired) electrons. The Balaban J connectivity index is 1.53. The van der Waals surface area contributed by atoms with E-state index < -0.39 is 0 Å². The van der Waals surface area contributed by atoms with Gasteiger partial charge in [0.05, 0.1) is 6.26 Å². The van der Waals surface area contributed by atoms with Crippen molar-refractivity contribution in [3.8, 4) is 5.75 Å². The van der Waals surface area contributed by atoms with Crippen molar-refractivity contribution in [3.63, 3.8) is 0 Å². The normalized spacial score (nSPS) is 15.3. The van der Waals surface area contributed by atoms with E-state index in [1.165, 1.54) is 6.26 Å². The molecule has 1 fully saturated rings. The van der Waals surface area contributed by atoms with Crippen LogP contribution in [0.3, 0.4) is 0 Å². The summed E-state index contributed by atoms with van der Waals surface area (Å²) in [6.07, 6.45) is 2.41. The van der Waals surface area contributed by atoms with Crippen molar-refractivity contribution < 1.29 is 18.7 Å². The molecule has 26 heavy (non-hydrogen) atoms. The first-order valence-corrected chi connectivity index (χ1v) is 8.66. The van der Waals surface area contributed by atoms with Crippen LogP contribution in [0.1, 0.15) is 17.0 Å². The van der Waals surface area contributed by atoms with Crippen LogP contribution in [0.2, 0.25) is 0 Å². The highest BCUT2D eigenvalue weighted by atomic mass is 16.5. The van der Waals surface area contributed by atoms with Gasteiger partial charge in [0.1, 0.15) is 5.75 Å². The fourth-order valence-corrected chi connectivity index (χ4v) is 2.80. The molecule has 0 aliphatic carbocycles. The summed E-state index contributed by atoms with van der Waals surface area (Å²) in [5, 5.41) is 2.74. The molecule has 7 heteroatoms. The Kier molecular flexibility index (Phi) is 5.91. The van der Waals surface area contributed by atoms with Gasteiger partial charge in [0.15, 0.2) is 12.4 Å². The molecule has 138 valence electrons. The van der Waals surface area contributed by atoms with Gasteiger partial charge in [-0.25, -0.2) is 0 Å². The van der Waals surface area contributed by atoms with Crippen molar-refractivity contribution in [2.24, 2.45) is 0 Å². The third kappa shape index (κ3) is 4.86. The molecule has 1 saturated heterocycles. The van der Waals surface area contributed by atoms with Crippen molar-refractivity contribution in [3.05, 3.63) is 48.4 Å². The van der Waals surface area contributed by atoms with E-state index in [1.54, 1.807) is 36.4 Å². The number of hydrogen-bond acceptors (Lipinski definition) is 5. The molecule has 2 amide bonds. The summed E-state index contributed by atoms with van der Waals surface area (Å²) in [5.41, 5.74) is 0.577. The minimum atomic E-state index is -0.336. The minimum absolute atomic E-state index is 0.0146. The highest BCUT2D eigenvalue weighted by molar-refractivity contribution is 6.02. The third-order valence-corrected chi connectivity index (χ3v) is 4.27. The molecule has 1 aromatic carbocycles. The predicted molar refractivity (Wildman–Crippen MR) is 97.3 cm³/mol. The lowest BCUT2D eigenvalue weighted by Crippen LogP contribution is -2.37. The molecular weight excluding hydrogens is 334 g/mol.